The van der Waals surface area contributed by atoms with E-state index in [0.29, 0.717) is 13.1 Å². The highest BCUT2D eigenvalue weighted by molar-refractivity contribution is 5.94. The number of aromatic nitrogens is 1. The van der Waals surface area contributed by atoms with Gasteiger partial charge in [-0.05, 0) is 24.3 Å². The van der Waals surface area contributed by atoms with Crippen LogP contribution in [0, 0.1) is 5.82 Å². The minimum absolute atomic E-state index is 0.0358. The van der Waals surface area contributed by atoms with E-state index in [2.05, 4.69) is 16.9 Å². The monoisotopic (exact) mass is 341 g/mol. The molecular weight excluding hydrogens is 321 g/mol. The molecule has 0 atom stereocenters. The van der Waals surface area contributed by atoms with Crippen molar-refractivity contribution in [2.75, 3.05) is 13.1 Å². The van der Waals surface area contributed by atoms with Crippen molar-refractivity contribution in [3.8, 4) is 0 Å². The molecule has 0 aliphatic carbocycles. The van der Waals surface area contributed by atoms with Crippen LogP contribution in [0.4, 0.5) is 4.39 Å². The number of nitrogens with one attached hydrogen (secondary N) is 1. The Labute approximate surface area is 146 Å². The quantitative estimate of drug-likeness (QED) is 0.751. The molecule has 0 aliphatic heterocycles. The molecular formula is C19H20FN3O2. The molecule has 5 nitrogen and oxygen atoms in total. The maximum absolute atomic E-state index is 13.5. The SMILES string of the molecule is C=CCN(Cc1ccccn1)C(=O)CCNC(=O)c1ccccc1F. The number of hydrogen-bond acceptors (Lipinski definition) is 3. The second-order valence-corrected chi connectivity index (χ2v) is 5.37. The van der Waals surface area contributed by atoms with Crippen molar-refractivity contribution in [2.24, 2.45) is 0 Å². The Morgan fingerprint density at radius 1 is 1.20 bits per heavy atom. The number of rotatable bonds is 8. The third kappa shape index (κ3) is 5.53. The van der Waals surface area contributed by atoms with Crippen LogP contribution >= 0.6 is 0 Å². The number of halogens is 1. The maximum Gasteiger partial charge on any atom is 0.254 e. The van der Waals surface area contributed by atoms with Crippen molar-refractivity contribution in [1.82, 2.24) is 15.2 Å². The highest BCUT2D eigenvalue weighted by atomic mass is 19.1. The summed E-state index contributed by atoms with van der Waals surface area (Å²) in [6.07, 6.45) is 3.42. The summed E-state index contributed by atoms with van der Waals surface area (Å²) in [6.45, 7) is 4.54. The lowest BCUT2D eigenvalue weighted by atomic mass is 10.2. The molecule has 1 aromatic carbocycles. The van der Waals surface area contributed by atoms with Crippen LogP contribution in [0.2, 0.25) is 0 Å². The van der Waals surface area contributed by atoms with Gasteiger partial charge in [-0.3, -0.25) is 14.6 Å². The molecule has 6 heteroatoms. The second kappa shape index (κ2) is 9.32. The fourth-order valence-corrected chi connectivity index (χ4v) is 2.28. The van der Waals surface area contributed by atoms with Gasteiger partial charge in [-0.15, -0.1) is 6.58 Å². The molecule has 0 spiro atoms. The first-order valence-electron chi connectivity index (χ1n) is 7.93. The average molecular weight is 341 g/mol. The average Bonchev–Trinajstić information content (AvgIpc) is 2.62. The molecule has 25 heavy (non-hydrogen) atoms. The van der Waals surface area contributed by atoms with Gasteiger partial charge in [0.2, 0.25) is 5.91 Å². The first kappa shape index (κ1) is 18.3. The summed E-state index contributed by atoms with van der Waals surface area (Å²) in [6, 6.07) is 11.2. The molecule has 0 saturated heterocycles. The van der Waals surface area contributed by atoms with Crippen molar-refractivity contribution in [1.29, 1.82) is 0 Å². The van der Waals surface area contributed by atoms with Gasteiger partial charge in [0.1, 0.15) is 5.82 Å². The molecule has 0 saturated carbocycles. The molecule has 0 bridgehead atoms. The summed E-state index contributed by atoms with van der Waals surface area (Å²) in [5.74, 6) is -1.26. The van der Waals surface area contributed by atoms with E-state index in [-0.39, 0.29) is 24.4 Å². The predicted octanol–water partition coefficient (Wildman–Crippen LogP) is 2.56. The van der Waals surface area contributed by atoms with E-state index in [9.17, 15) is 14.0 Å². The molecule has 0 fully saturated rings. The van der Waals surface area contributed by atoms with Gasteiger partial charge in [0.05, 0.1) is 17.8 Å². The molecule has 2 amide bonds. The standard InChI is InChI=1S/C19H20FN3O2/c1-2-13-23(14-15-7-5-6-11-21-15)18(24)10-12-22-19(25)16-8-3-4-9-17(16)20/h2-9,11H,1,10,12-14H2,(H,22,25). The maximum atomic E-state index is 13.5. The molecule has 130 valence electrons. The van der Waals surface area contributed by atoms with Crippen LogP contribution in [0.25, 0.3) is 0 Å². The summed E-state index contributed by atoms with van der Waals surface area (Å²) in [5, 5.41) is 2.56. The van der Waals surface area contributed by atoms with Gasteiger partial charge >= 0.3 is 0 Å². The molecule has 1 heterocycles. The molecule has 1 N–H and O–H groups in total. The summed E-state index contributed by atoms with van der Waals surface area (Å²) in [4.78, 5) is 30.1. The normalized spacial score (nSPS) is 10.1. The Hall–Kier alpha value is -3.02. The number of pyridine rings is 1. The zero-order chi connectivity index (χ0) is 18.1. The van der Waals surface area contributed by atoms with Gasteiger partial charge in [-0.2, -0.15) is 0 Å². The summed E-state index contributed by atoms with van der Waals surface area (Å²) < 4.78 is 13.5. The molecule has 2 rings (SSSR count). The van der Waals surface area contributed by atoms with Gasteiger partial charge in [-0.1, -0.05) is 24.3 Å². The Bertz CT molecular complexity index is 734. The van der Waals surface area contributed by atoms with Crippen LogP contribution < -0.4 is 5.32 Å². The van der Waals surface area contributed by atoms with Crippen molar-refractivity contribution in [3.63, 3.8) is 0 Å². The van der Waals surface area contributed by atoms with E-state index in [1.54, 1.807) is 29.3 Å². The number of benzene rings is 1. The third-order valence-corrected chi connectivity index (χ3v) is 3.52. The third-order valence-electron chi connectivity index (χ3n) is 3.52. The van der Waals surface area contributed by atoms with Crippen LogP contribution in [-0.4, -0.2) is 34.8 Å². The van der Waals surface area contributed by atoms with Crippen LogP contribution in [-0.2, 0) is 11.3 Å². The Morgan fingerprint density at radius 2 is 1.96 bits per heavy atom. The van der Waals surface area contributed by atoms with Crippen molar-refractivity contribution < 1.29 is 14.0 Å². The van der Waals surface area contributed by atoms with E-state index in [0.717, 1.165) is 5.69 Å². The van der Waals surface area contributed by atoms with Crippen molar-refractivity contribution in [3.05, 3.63) is 78.4 Å². The fraction of sp³-hybridized carbons (Fsp3) is 0.211. The second-order valence-electron chi connectivity index (χ2n) is 5.37. The van der Waals surface area contributed by atoms with Crippen molar-refractivity contribution in [2.45, 2.75) is 13.0 Å². The molecule has 2 aromatic rings. The van der Waals surface area contributed by atoms with Crippen LogP contribution in [0.5, 0.6) is 0 Å². The first-order valence-corrected chi connectivity index (χ1v) is 7.93. The first-order chi connectivity index (χ1) is 12.1. The van der Waals surface area contributed by atoms with E-state index in [1.165, 1.54) is 18.2 Å². The van der Waals surface area contributed by atoms with Crippen LogP contribution in [0.3, 0.4) is 0 Å². The Balaban J connectivity index is 1.87. The summed E-state index contributed by atoms with van der Waals surface area (Å²) in [5.41, 5.74) is 0.736. The zero-order valence-corrected chi connectivity index (χ0v) is 13.8. The van der Waals surface area contributed by atoms with E-state index < -0.39 is 11.7 Å². The Morgan fingerprint density at radius 3 is 2.64 bits per heavy atom. The van der Waals surface area contributed by atoms with Gasteiger partial charge < -0.3 is 10.2 Å². The van der Waals surface area contributed by atoms with E-state index in [1.807, 2.05) is 12.1 Å². The lowest BCUT2D eigenvalue weighted by molar-refractivity contribution is -0.131. The molecule has 0 unspecified atom stereocenters. The van der Waals surface area contributed by atoms with Crippen molar-refractivity contribution >= 4 is 11.8 Å². The molecule has 0 radical (unpaired) electrons. The number of carbonyl (C=O) groups is 2. The van der Waals surface area contributed by atoms with Gasteiger partial charge in [0.15, 0.2) is 0 Å². The zero-order valence-electron chi connectivity index (χ0n) is 13.8. The summed E-state index contributed by atoms with van der Waals surface area (Å²) >= 11 is 0. The van der Waals surface area contributed by atoms with E-state index in [4.69, 9.17) is 0 Å². The smallest absolute Gasteiger partial charge is 0.254 e. The van der Waals surface area contributed by atoms with Crippen LogP contribution in [0.15, 0.2) is 61.3 Å². The van der Waals surface area contributed by atoms with Gasteiger partial charge in [0.25, 0.3) is 5.91 Å². The fourth-order valence-electron chi connectivity index (χ4n) is 2.28. The lowest BCUT2D eigenvalue weighted by Gasteiger charge is -2.21. The minimum Gasteiger partial charge on any atom is -0.351 e. The number of hydrogen-bond donors (Lipinski definition) is 1. The number of amides is 2. The van der Waals surface area contributed by atoms with Gasteiger partial charge in [-0.25, -0.2) is 4.39 Å². The minimum atomic E-state index is -0.588. The highest BCUT2D eigenvalue weighted by Crippen LogP contribution is 2.06. The topological polar surface area (TPSA) is 62.3 Å². The molecule has 0 aliphatic rings. The van der Waals surface area contributed by atoms with Crippen LogP contribution in [0.1, 0.15) is 22.5 Å². The highest BCUT2D eigenvalue weighted by Gasteiger charge is 2.15. The summed E-state index contributed by atoms with van der Waals surface area (Å²) in [7, 11) is 0. The lowest BCUT2D eigenvalue weighted by Crippen LogP contribution is -2.34. The number of nitrogens with zero attached hydrogens (tertiary/aromatic N) is 2. The Kier molecular flexibility index (Phi) is 6.83. The molecule has 1 aromatic heterocycles. The van der Waals surface area contributed by atoms with Gasteiger partial charge in [0, 0.05) is 25.7 Å². The predicted molar refractivity (Wildman–Crippen MR) is 93.2 cm³/mol. The number of carbonyl (C=O) groups excluding carboxylic acids is 2. The largest absolute Gasteiger partial charge is 0.351 e. The van der Waals surface area contributed by atoms with E-state index >= 15 is 0 Å².